The molecule has 1 heterocycles. The Balaban J connectivity index is 2.53. The number of para-hydroxylation sites is 1. The number of hydrogen-bond donors (Lipinski definition) is 0. The fourth-order valence-electron chi connectivity index (χ4n) is 1.83. The van der Waals surface area contributed by atoms with E-state index in [1.165, 1.54) is 4.90 Å². The number of carbonyl (C=O) groups is 1. The lowest BCUT2D eigenvalue weighted by Crippen LogP contribution is -2.34. The van der Waals surface area contributed by atoms with Gasteiger partial charge in [0.25, 0.3) is 5.91 Å². The molecule has 74 valence electrons. The van der Waals surface area contributed by atoms with Crippen LogP contribution in [0.3, 0.4) is 0 Å². The molecule has 0 aliphatic carbocycles. The van der Waals surface area contributed by atoms with E-state index < -0.39 is 12.1 Å². The first-order valence-electron chi connectivity index (χ1n) is 4.69. The number of halogens is 1. The third-order valence-electron chi connectivity index (χ3n) is 2.44. The smallest absolute Gasteiger partial charge is 0.266 e. The molecular weight excluding hydrogens is 181 g/mol. The van der Waals surface area contributed by atoms with Crippen LogP contribution in [0.15, 0.2) is 24.3 Å². The van der Waals surface area contributed by atoms with E-state index in [2.05, 4.69) is 0 Å². The first kappa shape index (κ1) is 9.19. The lowest BCUT2D eigenvalue weighted by Gasteiger charge is -2.21. The Morgan fingerprint density at radius 2 is 2.00 bits per heavy atom. The maximum atomic E-state index is 13.5. The molecule has 14 heavy (non-hydrogen) atoms. The van der Waals surface area contributed by atoms with E-state index in [4.69, 9.17) is 0 Å². The molecule has 1 amide bonds. The van der Waals surface area contributed by atoms with Gasteiger partial charge in [-0.3, -0.25) is 4.79 Å². The van der Waals surface area contributed by atoms with Crippen LogP contribution < -0.4 is 4.90 Å². The number of rotatable bonds is 1. The molecule has 1 unspecified atom stereocenters. The zero-order valence-corrected chi connectivity index (χ0v) is 8.20. The fraction of sp³-hybridized carbons (Fsp3) is 0.364. The van der Waals surface area contributed by atoms with Crippen molar-refractivity contribution in [2.24, 2.45) is 0 Å². The molecule has 2 nitrogen and oxygen atoms in total. The molecule has 0 radical (unpaired) electrons. The molecule has 0 saturated carbocycles. The second-order valence-electron chi connectivity index (χ2n) is 3.72. The van der Waals surface area contributed by atoms with Crippen molar-refractivity contribution >= 4 is 11.6 Å². The Morgan fingerprint density at radius 3 is 2.64 bits per heavy atom. The van der Waals surface area contributed by atoms with Crippen LogP contribution >= 0.6 is 0 Å². The highest BCUT2D eigenvalue weighted by molar-refractivity contribution is 6.04. The van der Waals surface area contributed by atoms with Crippen molar-refractivity contribution < 1.29 is 9.18 Å². The quantitative estimate of drug-likeness (QED) is 0.670. The number of anilines is 1. The molecular formula is C11H12FNO. The van der Waals surface area contributed by atoms with Gasteiger partial charge in [-0.15, -0.1) is 0 Å². The molecule has 1 atom stereocenters. The summed E-state index contributed by atoms with van der Waals surface area (Å²) in [6.07, 6.45) is -1.48. The van der Waals surface area contributed by atoms with E-state index >= 15 is 0 Å². The number of nitrogens with zero attached hydrogens (tertiary/aromatic N) is 1. The highest BCUT2D eigenvalue weighted by Gasteiger charge is 2.38. The SMILES string of the molecule is CC(C)N1C(=O)C(F)c2ccccc21. The van der Waals surface area contributed by atoms with Gasteiger partial charge < -0.3 is 4.90 Å². The van der Waals surface area contributed by atoms with Crippen LogP contribution in [0.4, 0.5) is 10.1 Å². The van der Waals surface area contributed by atoms with Gasteiger partial charge >= 0.3 is 0 Å². The Hall–Kier alpha value is -1.38. The van der Waals surface area contributed by atoms with Crippen molar-refractivity contribution in [3.05, 3.63) is 29.8 Å². The van der Waals surface area contributed by atoms with Gasteiger partial charge in [-0.2, -0.15) is 0 Å². The third-order valence-corrected chi connectivity index (χ3v) is 2.44. The van der Waals surface area contributed by atoms with Gasteiger partial charge in [-0.05, 0) is 19.9 Å². The van der Waals surface area contributed by atoms with Crippen molar-refractivity contribution in [1.29, 1.82) is 0 Å². The summed E-state index contributed by atoms with van der Waals surface area (Å²) in [4.78, 5) is 13.1. The van der Waals surface area contributed by atoms with E-state index in [0.29, 0.717) is 11.3 Å². The highest BCUT2D eigenvalue weighted by Crippen LogP contribution is 2.38. The van der Waals surface area contributed by atoms with Gasteiger partial charge in [0.15, 0.2) is 0 Å². The number of benzene rings is 1. The first-order chi connectivity index (χ1) is 6.63. The van der Waals surface area contributed by atoms with Gasteiger partial charge in [0, 0.05) is 11.6 Å². The monoisotopic (exact) mass is 193 g/mol. The van der Waals surface area contributed by atoms with Crippen LogP contribution in [0, 0.1) is 0 Å². The molecule has 0 saturated heterocycles. The van der Waals surface area contributed by atoms with E-state index in [0.717, 1.165) is 0 Å². The van der Waals surface area contributed by atoms with Crippen LogP contribution in [0.5, 0.6) is 0 Å². The summed E-state index contributed by atoms with van der Waals surface area (Å²) in [6.45, 7) is 3.76. The van der Waals surface area contributed by atoms with Crippen molar-refractivity contribution in [2.75, 3.05) is 4.90 Å². The van der Waals surface area contributed by atoms with Crippen molar-refractivity contribution in [1.82, 2.24) is 0 Å². The standard InChI is InChI=1S/C11H12FNO/c1-7(2)13-9-6-4-3-5-8(9)10(12)11(13)14/h3-7,10H,1-2H3. The maximum absolute atomic E-state index is 13.5. The second-order valence-corrected chi connectivity index (χ2v) is 3.72. The molecule has 3 heteroatoms. The number of alkyl halides is 1. The van der Waals surface area contributed by atoms with E-state index in [-0.39, 0.29) is 6.04 Å². The van der Waals surface area contributed by atoms with Gasteiger partial charge in [0.2, 0.25) is 6.17 Å². The van der Waals surface area contributed by atoms with Gasteiger partial charge in [-0.1, -0.05) is 18.2 Å². The highest BCUT2D eigenvalue weighted by atomic mass is 19.1. The molecule has 0 N–H and O–H groups in total. The van der Waals surface area contributed by atoms with Gasteiger partial charge in [0.05, 0.1) is 5.69 Å². The van der Waals surface area contributed by atoms with E-state index in [9.17, 15) is 9.18 Å². The lowest BCUT2D eigenvalue weighted by atomic mass is 10.1. The van der Waals surface area contributed by atoms with Crippen molar-refractivity contribution in [3.63, 3.8) is 0 Å². The Labute approximate surface area is 82.3 Å². The normalized spacial score (nSPS) is 20.4. The largest absolute Gasteiger partial charge is 0.307 e. The third kappa shape index (κ3) is 1.12. The summed E-state index contributed by atoms with van der Waals surface area (Å²) in [7, 11) is 0. The molecule has 1 aromatic carbocycles. The molecule has 2 rings (SSSR count). The first-order valence-corrected chi connectivity index (χ1v) is 4.69. The van der Waals surface area contributed by atoms with Crippen LogP contribution in [-0.2, 0) is 4.79 Å². The second kappa shape index (κ2) is 3.08. The van der Waals surface area contributed by atoms with Crippen molar-refractivity contribution in [3.8, 4) is 0 Å². The summed E-state index contributed by atoms with van der Waals surface area (Å²) in [5.74, 6) is -0.443. The van der Waals surface area contributed by atoms with Gasteiger partial charge in [-0.25, -0.2) is 4.39 Å². The number of hydrogen-bond acceptors (Lipinski definition) is 1. The Morgan fingerprint density at radius 1 is 1.36 bits per heavy atom. The summed E-state index contributed by atoms with van der Waals surface area (Å²) < 4.78 is 13.5. The van der Waals surface area contributed by atoms with Gasteiger partial charge in [0.1, 0.15) is 0 Å². The van der Waals surface area contributed by atoms with Crippen LogP contribution in [0.2, 0.25) is 0 Å². The maximum Gasteiger partial charge on any atom is 0.266 e. The summed E-state index contributed by atoms with van der Waals surface area (Å²) in [5, 5.41) is 0. The zero-order valence-electron chi connectivity index (χ0n) is 8.20. The Kier molecular flexibility index (Phi) is 2.02. The van der Waals surface area contributed by atoms with E-state index in [1.807, 2.05) is 19.9 Å². The molecule has 0 spiro atoms. The molecule has 0 aromatic heterocycles. The minimum Gasteiger partial charge on any atom is -0.307 e. The van der Waals surface area contributed by atoms with Crippen LogP contribution in [-0.4, -0.2) is 11.9 Å². The fourth-order valence-corrected chi connectivity index (χ4v) is 1.83. The van der Waals surface area contributed by atoms with E-state index in [1.54, 1.807) is 18.2 Å². The average molecular weight is 193 g/mol. The topological polar surface area (TPSA) is 20.3 Å². The average Bonchev–Trinajstić information content (AvgIpc) is 2.41. The predicted octanol–water partition coefficient (Wildman–Crippen LogP) is 2.45. The Bertz CT molecular complexity index is 375. The minimum absolute atomic E-state index is 0.00407. The number of fused-ring (bicyclic) bond motifs is 1. The molecule has 1 aromatic rings. The van der Waals surface area contributed by atoms with Crippen molar-refractivity contribution in [2.45, 2.75) is 26.1 Å². The number of amides is 1. The summed E-state index contributed by atoms with van der Waals surface area (Å²) in [6, 6.07) is 7.03. The molecule has 0 bridgehead atoms. The lowest BCUT2D eigenvalue weighted by molar-refractivity contribution is -0.122. The molecule has 0 fully saturated rings. The molecule has 1 aliphatic heterocycles. The predicted molar refractivity (Wildman–Crippen MR) is 52.9 cm³/mol. The number of carbonyl (C=O) groups excluding carboxylic acids is 1. The zero-order chi connectivity index (χ0) is 10.3. The van der Waals surface area contributed by atoms with Crippen LogP contribution in [0.25, 0.3) is 0 Å². The molecule has 1 aliphatic rings. The minimum atomic E-state index is -1.48. The summed E-state index contributed by atoms with van der Waals surface area (Å²) in [5.41, 5.74) is 1.20. The van der Waals surface area contributed by atoms with Crippen LogP contribution in [0.1, 0.15) is 25.6 Å². The summed E-state index contributed by atoms with van der Waals surface area (Å²) >= 11 is 0.